The van der Waals surface area contributed by atoms with Gasteiger partial charge in [0.2, 0.25) is 0 Å². The van der Waals surface area contributed by atoms with E-state index in [1.165, 1.54) is 16.8 Å². The largest absolute Gasteiger partial charge is 0.457 e. The zero-order chi connectivity index (χ0) is 18.2. The minimum Gasteiger partial charge on any atom is -0.457 e. The van der Waals surface area contributed by atoms with Gasteiger partial charge in [0.25, 0.3) is 0 Å². The third kappa shape index (κ3) is 4.79. The van der Waals surface area contributed by atoms with Crippen LogP contribution >= 0.6 is 0 Å². The first-order chi connectivity index (χ1) is 12.8. The van der Waals surface area contributed by atoms with Crippen molar-refractivity contribution in [1.82, 2.24) is 0 Å². The van der Waals surface area contributed by atoms with Crippen LogP contribution in [0.1, 0.15) is 18.1 Å². The van der Waals surface area contributed by atoms with E-state index in [0.29, 0.717) is 0 Å². The van der Waals surface area contributed by atoms with Gasteiger partial charge in [-0.25, -0.2) is 0 Å². The van der Waals surface area contributed by atoms with Crippen molar-refractivity contribution >= 4 is 11.4 Å². The van der Waals surface area contributed by atoms with Crippen molar-refractivity contribution in [3.63, 3.8) is 0 Å². The van der Waals surface area contributed by atoms with E-state index < -0.39 is 0 Å². The molecule has 134 valence electrons. The smallest absolute Gasteiger partial charge is 0.127 e. The average molecular weight is 346 g/mol. The van der Waals surface area contributed by atoms with Crippen LogP contribution in [-0.4, -0.2) is 13.1 Å². The van der Waals surface area contributed by atoms with Gasteiger partial charge in [-0.15, -0.1) is 0 Å². The molecule has 3 heteroatoms. The molecule has 3 rings (SSSR count). The highest BCUT2D eigenvalue weighted by atomic mass is 16.5. The molecule has 3 aromatic carbocycles. The van der Waals surface area contributed by atoms with E-state index in [0.717, 1.165) is 36.7 Å². The summed E-state index contributed by atoms with van der Waals surface area (Å²) in [5.41, 5.74) is 5.02. The SMILES string of the molecule is CCc1cccc(C)c1NCCNc1ccc(Oc2ccccc2)cc1. The lowest BCUT2D eigenvalue weighted by atomic mass is 10.1. The van der Waals surface area contributed by atoms with Crippen LogP contribution in [0.5, 0.6) is 11.5 Å². The Bertz CT molecular complexity index is 813. The number of para-hydroxylation sites is 2. The van der Waals surface area contributed by atoms with Gasteiger partial charge in [0.1, 0.15) is 11.5 Å². The molecule has 0 aliphatic rings. The minimum atomic E-state index is 0.840. The molecule has 0 heterocycles. The van der Waals surface area contributed by atoms with Gasteiger partial charge in [-0.3, -0.25) is 0 Å². The second-order valence-corrected chi connectivity index (χ2v) is 6.26. The lowest BCUT2D eigenvalue weighted by Gasteiger charge is -2.15. The molecule has 3 nitrogen and oxygen atoms in total. The van der Waals surface area contributed by atoms with E-state index in [1.54, 1.807) is 0 Å². The van der Waals surface area contributed by atoms with Crippen LogP contribution < -0.4 is 15.4 Å². The summed E-state index contributed by atoms with van der Waals surface area (Å²) in [5.74, 6) is 1.69. The van der Waals surface area contributed by atoms with Crippen LogP contribution in [0.4, 0.5) is 11.4 Å². The van der Waals surface area contributed by atoms with Gasteiger partial charge < -0.3 is 15.4 Å². The Morgan fingerprint density at radius 2 is 1.42 bits per heavy atom. The van der Waals surface area contributed by atoms with Gasteiger partial charge in [-0.2, -0.15) is 0 Å². The van der Waals surface area contributed by atoms with Gasteiger partial charge in [0, 0.05) is 24.5 Å². The Morgan fingerprint density at radius 1 is 0.731 bits per heavy atom. The topological polar surface area (TPSA) is 33.3 Å². The molecule has 0 radical (unpaired) electrons. The van der Waals surface area contributed by atoms with Crippen LogP contribution in [0.3, 0.4) is 0 Å². The molecule has 0 aromatic heterocycles. The number of rotatable bonds is 8. The van der Waals surface area contributed by atoms with E-state index in [4.69, 9.17) is 4.74 Å². The Morgan fingerprint density at radius 3 is 2.15 bits per heavy atom. The maximum atomic E-state index is 5.82. The summed E-state index contributed by atoms with van der Waals surface area (Å²) in [4.78, 5) is 0. The Kier molecular flexibility index (Phi) is 6.15. The molecule has 0 spiro atoms. The summed E-state index contributed by atoms with van der Waals surface area (Å²) < 4.78 is 5.82. The Balaban J connectivity index is 1.48. The van der Waals surface area contributed by atoms with Crippen molar-refractivity contribution < 1.29 is 4.74 Å². The highest BCUT2D eigenvalue weighted by molar-refractivity contribution is 5.57. The third-order valence-corrected chi connectivity index (χ3v) is 4.33. The molecule has 0 saturated carbocycles. The Hall–Kier alpha value is -2.94. The zero-order valence-corrected chi connectivity index (χ0v) is 15.5. The summed E-state index contributed by atoms with van der Waals surface area (Å²) in [6, 6.07) is 24.3. The molecule has 0 unspecified atom stereocenters. The number of aryl methyl sites for hydroxylation is 2. The molecule has 0 amide bonds. The summed E-state index contributed by atoms with van der Waals surface area (Å²) in [6.07, 6.45) is 1.04. The fraction of sp³-hybridized carbons (Fsp3) is 0.217. The van der Waals surface area contributed by atoms with Crippen LogP contribution in [0.25, 0.3) is 0 Å². The molecule has 0 aliphatic carbocycles. The first kappa shape index (κ1) is 17.9. The third-order valence-electron chi connectivity index (χ3n) is 4.33. The van der Waals surface area contributed by atoms with E-state index in [1.807, 2.05) is 54.6 Å². The predicted molar refractivity (Wildman–Crippen MR) is 110 cm³/mol. The van der Waals surface area contributed by atoms with Gasteiger partial charge in [0.15, 0.2) is 0 Å². The highest BCUT2D eigenvalue weighted by Crippen LogP contribution is 2.23. The fourth-order valence-corrected chi connectivity index (χ4v) is 2.94. The van der Waals surface area contributed by atoms with Crippen LogP contribution in [-0.2, 0) is 6.42 Å². The second-order valence-electron chi connectivity index (χ2n) is 6.26. The maximum Gasteiger partial charge on any atom is 0.127 e. The standard InChI is InChI=1S/C23H26N2O/c1-3-19-9-7-8-18(2)23(19)25-17-16-24-20-12-14-22(15-13-20)26-21-10-5-4-6-11-21/h4-15,24-25H,3,16-17H2,1-2H3. The lowest BCUT2D eigenvalue weighted by molar-refractivity contribution is 0.483. The van der Waals surface area contributed by atoms with Crippen molar-refractivity contribution in [1.29, 1.82) is 0 Å². The molecule has 0 fully saturated rings. The van der Waals surface area contributed by atoms with Crippen LogP contribution in [0, 0.1) is 6.92 Å². The normalized spacial score (nSPS) is 10.4. The lowest BCUT2D eigenvalue weighted by Crippen LogP contribution is -2.15. The highest BCUT2D eigenvalue weighted by Gasteiger charge is 2.03. The van der Waals surface area contributed by atoms with Crippen molar-refractivity contribution in [2.75, 3.05) is 23.7 Å². The van der Waals surface area contributed by atoms with Crippen molar-refractivity contribution in [3.8, 4) is 11.5 Å². The minimum absolute atomic E-state index is 0.840. The first-order valence-electron chi connectivity index (χ1n) is 9.15. The molecular formula is C23H26N2O. The molecule has 26 heavy (non-hydrogen) atoms. The Labute approximate surface area is 156 Å². The number of hydrogen-bond acceptors (Lipinski definition) is 3. The summed E-state index contributed by atoms with van der Waals surface area (Å²) in [6.45, 7) is 6.08. The number of ether oxygens (including phenoxy) is 1. The maximum absolute atomic E-state index is 5.82. The average Bonchev–Trinajstić information content (AvgIpc) is 2.68. The van der Waals surface area contributed by atoms with E-state index in [9.17, 15) is 0 Å². The monoisotopic (exact) mass is 346 g/mol. The second kappa shape index (κ2) is 8.95. The molecule has 0 bridgehead atoms. The van der Waals surface area contributed by atoms with Gasteiger partial charge in [0.05, 0.1) is 0 Å². The van der Waals surface area contributed by atoms with Crippen molar-refractivity contribution in [3.05, 3.63) is 83.9 Å². The van der Waals surface area contributed by atoms with E-state index >= 15 is 0 Å². The molecule has 0 aliphatic heterocycles. The van der Waals surface area contributed by atoms with Gasteiger partial charge in [-0.05, 0) is 60.9 Å². The fourth-order valence-electron chi connectivity index (χ4n) is 2.94. The van der Waals surface area contributed by atoms with Gasteiger partial charge in [-0.1, -0.05) is 43.3 Å². The number of hydrogen-bond donors (Lipinski definition) is 2. The summed E-state index contributed by atoms with van der Waals surface area (Å²) >= 11 is 0. The van der Waals surface area contributed by atoms with E-state index in [-0.39, 0.29) is 0 Å². The first-order valence-corrected chi connectivity index (χ1v) is 9.15. The predicted octanol–water partition coefficient (Wildman–Crippen LogP) is 5.87. The molecular weight excluding hydrogens is 320 g/mol. The molecule has 0 saturated heterocycles. The molecule has 3 aromatic rings. The van der Waals surface area contributed by atoms with Crippen molar-refractivity contribution in [2.24, 2.45) is 0 Å². The number of anilines is 2. The summed E-state index contributed by atoms with van der Waals surface area (Å²) in [7, 11) is 0. The number of nitrogens with one attached hydrogen (secondary N) is 2. The van der Waals surface area contributed by atoms with Crippen LogP contribution in [0.2, 0.25) is 0 Å². The van der Waals surface area contributed by atoms with Crippen molar-refractivity contribution in [2.45, 2.75) is 20.3 Å². The van der Waals surface area contributed by atoms with Gasteiger partial charge >= 0.3 is 0 Å². The van der Waals surface area contributed by atoms with Crippen LogP contribution in [0.15, 0.2) is 72.8 Å². The van der Waals surface area contributed by atoms with E-state index in [2.05, 4.69) is 42.7 Å². The quantitative estimate of drug-likeness (QED) is 0.500. The molecule has 0 atom stereocenters. The summed E-state index contributed by atoms with van der Waals surface area (Å²) in [5, 5.41) is 7.00. The number of benzene rings is 3. The molecule has 2 N–H and O–H groups in total. The zero-order valence-electron chi connectivity index (χ0n) is 15.5.